The van der Waals surface area contributed by atoms with Crippen LogP contribution in [0.25, 0.3) is 10.9 Å². The molecule has 0 bridgehead atoms. The zero-order valence-corrected chi connectivity index (χ0v) is 10.3. The van der Waals surface area contributed by atoms with Gasteiger partial charge in [0.05, 0.1) is 5.52 Å². The molecule has 0 unspecified atom stereocenters. The van der Waals surface area contributed by atoms with E-state index in [4.69, 9.17) is 11.6 Å². The summed E-state index contributed by atoms with van der Waals surface area (Å²) >= 11 is 9.35. The van der Waals surface area contributed by atoms with Gasteiger partial charge in [-0.25, -0.2) is 0 Å². The predicted octanol–water partition coefficient (Wildman–Crippen LogP) is 4.03. The van der Waals surface area contributed by atoms with Crippen molar-refractivity contribution in [2.45, 2.75) is 19.9 Å². The Morgan fingerprint density at radius 3 is 2.79 bits per heavy atom. The number of aromatic nitrogens is 2. The van der Waals surface area contributed by atoms with Crippen LogP contribution in [0.3, 0.4) is 0 Å². The minimum atomic E-state index is 0.352. The van der Waals surface area contributed by atoms with Crippen molar-refractivity contribution in [3.05, 3.63) is 27.8 Å². The van der Waals surface area contributed by atoms with Crippen molar-refractivity contribution in [1.82, 2.24) is 9.78 Å². The second kappa shape index (κ2) is 3.55. The van der Waals surface area contributed by atoms with E-state index in [1.54, 1.807) is 0 Å². The van der Waals surface area contributed by atoms with Gasteiger partial charge in [-0.3, -0.25) is 4.68 Å². The van der Waals surface area contributed by atoms with Crippen LogP contribution >= 0.6 is 27.5 Å². The molecule has 2 rings (SSSR count). The van der Waals surface area contributed by atoms with Gasteiger partial charge >= 0.3 is 0 Å². The largest absolute Gasteiger partial charge is 0.261 e. The Labute approximate surface area is 96.0 Å². The zero-order chi connectivity index (χ0) is 10.3. The number of nitrogens with zero attached hydrogens (tertiary/aromatic N) is 2. The SMILES string of the molecule is CC(C)n1nc(Br)c2cc(Cl)ccc21. The maximum absolute atomic E-state index is 5.92. The minimum absolute atomic E-state index is 0.352. The smallest absolute Gasteiger partial charge is 0.136 e. The molecule has 0 aliphatic rings. The summed E-state index contributed by atoms with van der Waals surface area (Å²) in [4.78, 5) is 0. The highest BCUT2D eigenvalue weighted by molar-refractivity contribution is 9.10. The highest BCUT2D eigenvalue weighted by atomic mass is 79.9. The molecule has 2 aromatic rings. The summed E-state index contributed by atoms with van der Waals surface area (Å²) in [6.45, 7) is 4.21. The first-order valence-electron chi connectivity index (χ1n) is 4.43. The molecule has 0 aliphatic heterocycles. The lowest BCUT2D eigenvalue weighted by molar-refractivity contribution is 0.548. The first kappa shape index (κ1) is 9.99. The lowest BCUT2D eigenvalue weighted by Crippen LogP contribution is -2.01. The molecule has 1 aromatic carbocycles. The van der Waals surface area contributed by atoms with Gasteiger partial charge in [-0.1, -0.05) is 11.6 Å². The van der Waals surface area contributed by atoms with E-state index in [0.717, 1.165) is 20.5 Å². The Balaban J connectivity index is 2.77. The van der Waals surface area contributed by atoms with Crippen molar-refractivity contribution < 1.29 is 0 Å². The summed E-state index contributed by atoms with van der Waals surface area (Å²) in [6, 6.07) is 6.16. The fourth-order valence-electron chi connectivity index (χ4n) is 1.47. The van der Waals surface area contributed by atoms with Crippen molar-refractivity contribution in [2.24, 2.45) is 0 Å². The van der Waals surface area contributed by atoms with Gasteiger partial charge in [0.1, 0.15) is 4.60 Å². The molecule has 0 atom stereocenters. The molecular weight excluding hydrogens is 263 g/mol. The van der Waals surface area contributed by atoms with Crippen LogP contribution < -0.4 is 0 Å². The van der Waals surface area contributed by atoms with E-state index in [-0.39, 0.29) is 0 Å². The monoisotopic (exact) mass is 272 g/mol. The van der Waals surface area contributed by atoms with E-state index in [0.29, 0.717) is 6.04 Å². The molecule has 0 saturated heterocycles. The Morgan fingerprint density at radius 2 is 2.14 bits per heavy atom. The third kappa shape index (κ3) is 1.55. The molecule has 4 heteroatoms. The van der Waals surface area contributed by atoms with Crippen molar-refractivity contribution in [3.8, 4) is 0 Å². The Morgan fingerprint density at radius 1 is 1.43 bits per heavy atom. The van der Waals surface area contributed by atoms with Crippen LogP contribution in [0.1, 0.15) is 19.9 Å². The van der Waals surface area contributed by atoms with Gasteiger partial charge < -0.3 is 0 Å². The van der Waals surface area contributed by atoms with Gasteiger partial charge in [-0.05, 0) is 48.0 Å². The topological polar surface area (TPSA) is 17.8 Å². The molecular formula is C10H10BrClN2. The van der Waals surface area contributed by atoms with Crippen molar-refractivity contribution in [2.75, 3.05) is 0 Å². The van der Waals surface area contributed by atoms with Gasteiger partial charge in [0, 0.05) is 16.5 Å². The van der Waals surface area contributed by atoms with E-state index < -0.39 is 0 Å². The zero-order valence-electron chi connectivity index (χ0n) is 7.96. The lowest BCUT2D eigenvalue weighted by atomic mass is 10.2. The second-order valence-corrected chi connectivity index (χ2v) is 4.68. The van der Waals surface area contributed by atoms with Crippen molar-refractivity contribution in [1.29, 1.82) is 0 Å². The van der Waals surface area contributed by atoms with Crippen LogP contribution in [0, 0.1) is 0 Å². The molecule has 0 saturated carbocycles. The van der Waals surface area contributed by atoms with Crippen molar-refractivity contribution >= 4 is 38.4 Å². The Kier molecular flexibility index (Phi) is 2.54. The first-order chi connectivity index (χ1) is 6.59. The maximum Gasteiger partial charge on any atom is 0.136 e. The second-order valence-electron chi connectivity index (χ2n) is 3.49. The molecule has 14 heavy (non-hydrogen) atoms. The fraction of sp³-hybridized carbons (Fsp3) is 0.300. The molecule has 0 radical (unpaired) electrons. The summed E-state index contributed by atoms with van der Waals surface area (Å²) in [5.41, 5.74) is 1.11. The van der Waals surface area contributed by atoms with E-state index in [9.17, 15) is 0 Å². The number of benzene rings is 1. The molecule has 0 spiro atoms. The summed E-state index contributed by atoms with van der Waals surface area (Å²) in [7, 11) is 0. The third-order valence-electron chi connectivity index (χ3n) is 2.11. The van der Waals surface area contributed by atoms with Gasteiger partial charge in [-0.15, -0.1) is 0 Å². The van der Waals surface area contributed by atoms with Crippen LogP contribution in [-0.4, -0.2) is 9.78 Å². The average Bonchev–Trinajstić information content (AvgIpc) is 2.44. The molecule has 74 valence electrons. The van der Waals surface area contributed by atoms with E-state index in [1.807, 2.05) is 22.9 Å². The number of hydrogen-bond donors (Lipinski definition) is 0. The van der Waals surface area contributed by atoms with E-state index in [1.165, 1.54) is 0 Å². The van der Waals surface area contributed by atoms with Crippen LogP contribution in [0.5, 0.6) is 0 Å². The van der Waals surface area contributed by atoms with E-state index in [2.05, 4.69) is 34.9 Å². The van der Waals surface area contributed by atoms with Crippen LogP contribution in [0.2, 0.25) is 5.02 Å². The molecule has 1 aromatic heterocycles. The Bertz CT molecular complexity index is 476. The number of rotatable bonds is 1. The molecule has 0 fully saturated rings. The molecule has 2 nitrogen and oxygen atoms in total. The predicted molar refractivity (Wildman–Crippen MR) is 62.8 cm³/mol. The van der Waals surface area contributed by atoms with Gasteiger partial charge in [0.25, 0.3) is 0 Å². The summed E-state index contributed by atoms with van der Waals surface area (Å²) in [5, 5.41) is 6.20. The van der Waals surface area contributed by atoms with Gasteiger partial charge in [0.2, 0.25) is 0 Å². The fourth-order valence-corrected chi connectivity index (χ4v) is 2.13. The summed E-state index contributed by atoms with van der Waals surface area (Å²) in [5.74, 6) is 0. The molecule has 0 aliphatic carbocycles. The third-order valence-corrected chi connectivity index (χ3v) is 2.93. The molecule has 0 amide bonds. The van der Waals surface area contributed by atoms with Crippen LogP contribution in [0.15, 0.2) is 22.8 Å². The van der Waals surface area contributed by atoms with Crippen LogP contribution in [0.4, 0.5) is 0 Å². The van der Waals surface area contributed by atoms with Crippen LogP contribution in [-0.2, 0) is 0 Å². The molecule has 1 heterocycles. The van der Waals surface area contributed by atoms with E-state index >= 15 is 0 Å². The maximum atomic E-state index is 5.92. The normalized spacial score (nSPS) is 11.5. The van der Waals surface area contributed by atoms with Crippen molar-refractivity contribution in [3.63, 3.8) is 0 Å². The minimum Gasteiger partial charge on any atom is -0.261 e. The first-order valence-corrected chi connectivity index (χ1v) is 5.60. The highest BCUT2D eigenvalue weighted by Crippen LogP contribution is 2.28. The number of fused-ring (bicyclic) bond motifs is 1. The van der Waals surface area contributed by atoms with Gasteiger partial charge in [0.15, 0.2) is 0 Å². The average molecular weight is 274 g/mol. The lowest BCUT2D eigenvalue weighted by Gasteiger charge is -2.06. The Hall–Kier alpha value is -0.540. The highest BCUT2D eigenvalue weighted by Gasteiger charge is 2.10. The molecule has 0 N–H and O–H groups in total. The number of halogens is 2. The standard InChI is InChI=1S/C10H10BrClN2/c1-6(2)14-9-4-3-7(12)5-8(9)10(11)13-14/h3-6H,1-2H3. The quantitative estimate of drug-likeness (QED) is 0.767. The summed E-state index contributed by atoms with van der Waals surface area (Å²) in [6.07, 6.45) is 0. The summed E-state index contributed by atoms with van der Waals surface area (Å²) < 4.78 is 2.83. The number of hydrogen-bond acceptors (Lipinski definition) is 1. The van der Waals surface area contributed by atoms with Gasteiger partial charge in [-0.2, -0.15) is 5.10 Å².